The van der Waals surface area contributed by atoms with Crippen LogP contribution in [0, 0.1) is 0 Å². The summed E-state index contributed by atoms with van der Waals surface area (Å²) in [5, 5.41) is 13.4. The molecule has 5 amide bonds. The smallest absolute Gasteiger partial charge is 0.410 e. The van der Waals surface area contributed by atoms with Gasteiger partial charge in [-0.1, -0.05) is 30.7 Å². The van der Waals surface area contributed by atoms with Crippen LogP contribution in [0.15, 0.2) is 71.7 Å². The molecule has 340 valence electrons. The van der Waals surface area contributed by atoms with Gasteiger partial charge in [0.05, 0.1) is 12.1 Å². The minimum atomic E-state index is -0.753. The number of rotatable bonds is 10. The van der Waals surface area contributed by atoms with Gasteiger partial charge in [-0.25, -0.2) is 34.1 Å². The molecule has 2 aromatic carbocycles. The Hall–Kier alpha value is -7.17. The number of piperidine rings is 2. The zero-order chi connectivity index (χ0) is 46.4. The molecule has 2 atom stereocenters. The number of aromatic nitrogens is 6. The molecular formula is C43H50N14O6S2. The van der Waals surface area contributed by atoms with Crippen LogP contribution in [0.25, 0.3) is 22.5 Å². The van der Waals surface area contributed by atoms with E-state index >= 15 is 0 Å². The highest BCUT2D eigenvalue weighted by Crippen LogP contribution is 2.35. The number of hydrogen-bond donors (Lipinski definition) is 7. The van der Waals surface area contributed by atoms with Gasteiger partial charge in [0, 0.05) is 52.0 Å². The van der Waals surface area contributed by atoms with Crippen molar-refractivity contribution in [3.05, 3.63) is 106 Å². The first-order chi connectivity index (χ1) is 31.1. The van der Waals surface area contributed by atoms with Crippen molar-refractivity contribution in [2.45, 2.75) is 77.0 Å². The molecule has 11 N–H and O–H groups in total. The molecule has 6 heterocycles. The molecule has 6 aromatic rings. The number of nitrogen functional groups attached to an aromatic ring is 2. The number of nitrogens with one attached hydrogen (secondary N) is 3. The highest BCUT2D eigenvalue weighted by Gasteiger charge is 2.36. The van der Waals surface area contributed by atoms with Crippen molar-refractivity contribution in [3.8, 4) is 22.5 Å². The van der Waals surface area contributed by atoms with E-state index in [4.69, 9.17) is 27.9 Å². The lowest BCUT2D eigenvalue weighted by Crippen LogP contribution is -2.43. The van der Waals surface area contributed by atoms with Crippen LogP contribution in [-0.2, 0) is 4.74 Å². The van der Waals surface area contributed by atoms with E-state index in [9.17, 15) is 24.0 Å². The topological polar surface area (TPSA) is 299 Å². The number of nitrogens with zero attached hydrogens (tertiary/aromatic N) is 7. The summed E-state index contributed by atoms with van der Waals surface area (Å²) in [4.78, 5) is 81.1. The Morgan fingerprint density at radius 3 is 1.65 bits per heavy atom. The first kappa shape index (κ1) is 45.8. The first-order valence-electron chi connectivity index (χ1n) is 20.8. The van der Waals surface area contributed by atoms with E-state index in [0.29, 0.717) is 62.8 Å². The molecule has 0 radical (unpaired) electrons. The third kappa shape index (κ3) is 10.6. The van der Waals surface area contributed by atoms with Crippen LogP contribution < -0.4 is 39.1 Å². The van der Waals surface area contributed by atoms with E-state index in [1.807, 2.05) is 0 Å². The molecule has 8 rings (SSSR count). The lowest BCUT2D eigenvalue weighted by atomic mass is 10.0. The van der Waals surface area contributed by atoms with Crippen molar-refractivity contribution in [3.63, 3.8) is 0 Å². The second-order valence-corrected chi connectivity index (χ2v) is 18.0. The normalized spacial score (nSPS) is 16.2. The summed E-state index contributed by atoms with van der Waals surface area (Å²) in [6.07, 6.45) is 8.11. The van der Waals surface area contributed by atoms with Gasteiger partial charge in [-0.15, -0.1) is 22.7 Å². The average Bonchev–Trinajstić information content (AvgIpc) is 4.12. The highest BCUT2D eigenvalue weighted by molar-refractivity contribution is 7.14. The number of likely N-dealkylation sites (tertiary alicyclic amines) is 1. The van der Waals surface area contributed by atoms with E-state index in [1.54, 1.807) is 97.4 Å². The van der Waals surface area contributed by atoms with Gasteiger partial charge in [0.2, 0.25) is 0 Å². The maximum Gasteiger partial charge on any atom is 0.410 e. The van der Waals surface area contributed by atoms with Crippen molar-refractivity contribution in [1.29, 1.82) is 0 Å². The number of primary amides is 2. The molecular weight excluding hydrogens is 873 g/mol. The Kier molecular flexibility index (Phi) is 13.9. The number of hydrogen-bond acceptors (Lipinski definition) is 15. The molecule has 0 spiro atoms. The number of benzene rings is 2. The molecule has 0 unspecified atom stereocenters. The van der Waals surface area contributed by atoms with E-state index < -0.39 is 29.6 Å². The Bertz CT molecular complexity index is 2650. The molecule has 0 saturated carbocycles. The number of thiazole rings is 2. The second-order valence-electron chi connectivity index (χ2n) is 16.2. The van der Waals surface area contributed by atoms with E-state index in [1.165, 1.54) is 27.3 Å². The van der Waals surface area contributed by atoms with Crippen LogP contribution in [0.1, 0.15) is 125 Å². The summed E-state index contributed by atoms with van der Waals surface area (Å²) in [5.41, 5.74) is 13.5. The largest absolute Gasteiger partial charge is 0.444 e. The number of carbonyl (C=O) groups is 5. The molecule has 20 nitrogen and oxygen atoms in total. The van der Waals surface area contributed by atoms with Crippen LogP contribution in [0.2, 0.25) is 0 Å². The van der Waals surface area contributed by atoms with Gasteiger partial charge in [0.25, 0.3) is 23.6 Å². The fourth-order valence-electron chi connectivity index (χ4n) is 7.53. The van der Waals surface area contributed by atoms with Crippen LogP contribution >= 0.6 is 22.7 Å². The fraction of sp³-hybridized carbons (Fsp3) is 0.326. The average molecular weight is 923 g/mol. The van der Waals surface area contributed by atoms with Gasteiger partial charge < -0.3 is 33.2 Å². The summed E-state index contributed by atoms with van der Waals surface area (Å²) in [5.74, 6) is 11.4. The molecule has 2 aliphatic heterocycles. The molecule has 22 heteroatoms. The predicted octanol–water partition coefficient (Wildman–Crippen LogP) is 5.42. The number of imidazole rings is 2. The Morgan fingerprint density at radius 2 is 1.20 bits per heavy atom. The van der Waals surface area contributed by atoms with Crippen LogP contribution in [-0.4, -0.2) is 82.6 Å². The number of carbonyl (C=O) groups excluding carboxylic acids is 5. The van der Waals surface area contributed by atoms with Crippen molar-refractivity contribution in [2.24, 2.45) is 11.5 Å². The van der Waals surface area contributed by atoms with Crippen LogP contribution in [0.3, 0.4) is 0 Å². The quantitative estimate of drug-likeness (QED) is 0.0846. The van der Waals surface area contributed by atoms with Crippen molar-refractivity contribution >= 4 is 62.7 Å². The van der Waals surface area contributed by atoms with Gasteiger partial charge in [-0.3, -0.25) is 34.7 Å². The summed E-state index contributed by atoms with van der Waals surface area (Å²) < 4.78 is 8.03. The number of nitrogens with two attached hydrogens (primary N) is 4. The van der Waals surface area contributed by atoms with E-state index in [-0.39, 0.29) is 34.9 Å². The predicted molar refractivity (Wildman–Crippen MR) is 247 cm³/mol. The van der Waals surface area contributed by atoms with Gasteiger partial charge in [0.1, 0.15) is 22.8 Å². The third-order valence-electron chi connectivity index (χ3n) is 10.5. The fourth-order valence-corrected chi connectivity index (χ4v) is 8.58. The SMILES string of the molecule is CC(C)(C)OC(=O)N1CCCC[C@H]1c1nc(-c2ccc(C(=O)Nc3nccs3)cc2)c(C(N)=O)n1N.NC(=O)c1c(-c2ccc(C(=O)Nc3nccs3)cc2)nc([C@@H]2CCCCN2)n1N. The second kappa shape index (κ2) is 19.7. The standard InChI is InChI=1S/C24H29N7O4S.C19H21N7O2S/c1-24(2,3)35-23(34)30-12-5-4-6-16(30)20-28-17(18(19(25)32)31(20)26)14-7-9-15(10-8-14)21(33)29-22-27-11-13-36-22;20-16(27)15-14(24-17(26(15)21)13-3-1-2-8-22-13)11-4-6-12(7-5-11)18(28)25-19-23-9-10-29-19/h7-11,13,16H,4-6,12,26H2,1-3H3,(H2,25,32)(H,27,29,33);4-7,9-10,13,22H,1-3,8,21H2,(H2,20,27)(H,23,25,28)/t16-;13-/m00/s1. The number of ether oxygens (including phenoxy) is 1. The Morgan fingerprint density at radius 1 is 0.708 bits per heavy atom. The molecule has 65 heavy (non-hydrogen) atoms. The molecule has 2 aliphatic rings. The third-order valence-corrected chi connectivity index (χ3v) is 11.9. The lowest BCUT2D eigenvalue weighted by molar-refractivity contribution is 0.00819. The van der Waals surface area contributed by atoms with E-state index in [2.05, 4.69) is 35.9 Å². The molecule has 2 saturated heterocycles. The van der Waals surface area contributed by atoms with E-state index in [0.717, 1.165) is 43.3 Å². The number of amides is 5. The number of anilines is 2. The van der Waals surface area contributed by atoms with Gasteiger partial charge in [0.15, 0.2) is 27.5 Å². The minimum absolute atomic E-state index is 0.0136. The summed E-state index contributed by atoms with van der Waals surface area (Å²) in [6, 6.07) is 12.8. The molecule has 2 fully saturated rings. The maximum absolute atomic E-state index is 12.9. The monoisotopic (exact) mass is 922 g/mol. The molecule has 0 bridgehead atoms. The van der Waals surface area contributed by atoms with Crippen LogP contribution in [0.5, 0.6) is 0 Å². The van der Waals surface area contributed by atoms with Crippen LogP contribution in [0.4, 0.5) is 15.1 Å². The first-order valence-corrected chi connectivity index (χ1v) is 22.6. The minimum Gasteiger partial charge on any atom is -0.444 e. The maximum atomic E-state index is 12.9. The summed E-state index contributed by atoms with van der Waals surface area (Å²) >= 11 is 2.66. The Labute approximate surface area is 381 Å². The highest BCUT2D eigenvalue weighted by atomic mass is 32.1. The van der Waals surface area contributed by atoms with Gasteiger partial charge in [-0.05, 0) is 83.7 Å². The zero-order valence-corrected chi connectivity index (χ0v) is 37.6. The van der Waals surface area contributed by atoms with Gasteiger partial charge in [-0.2, -0.15) is 0 Å². The van der Waals surface area contributed by atoms with Crippen molar-refractivity contribution in [2.75, 3.05) is 35.4 Å². The summed E-state index contributed by atoms with van der Waals surface area (Å²) in [7, 11) is 0. The van der Waals surface area contributed by atoms with Crippen molar-refractivity contribution < 1.29 is 28.7 Å². The van der Waals surface area contributed by atoms with Gasteiger partial charge >= 0.3 is 6.09 Å². The molecule has 4 aromatic heterocycles. The summed E-state index contributed by atoms with van der Waals surface area (Å²) in [6.45, 7) is 6.77. The Balaban J connectivity index is 0.000000198. The zero-order valence-electron chi connectivity index (χ0n) is 35.9. The molecule has 0 aliphatic carbocycles. The lowest BCUT2D eigenvalue weighted by Gasteiger charge is -2.36. The van der Waals surface area contributed by atoms with Crippen molar-refractivity contribution in [1.82, 2.24) is 39.5 Å².